The lowest BCUT2D eigenvalue weighted by molar-refractivity contribution is 1.61. The van der Waals surface area contributed by atoms with Crippen LogP contribution in [0.3, 0.4) is 0 Å². The molecule has 0 aromatic heterocycles. The molecule has 0 spiro atoms. The van der Waals surface area contributed by atoms with Crippen molar-refractivity contribution in [1.29, 1.82) is 0 Å². The highest BCUT2D eigenvalue weighted by atomic mass is 31.2. The van der Waals surface area contributed by atoms with Crippen LogP contribution >= 0.6 is 13.8 Å². The predicted octanol–water partition coefficient (Wildman–Crippen LogP) is 7.51. The fourth-order valence-electron chi connectivity index (χ4n) is 6.03. The van der Waals surface area contributed by atoms with Gasteiger partial charge >= 0.3 is 0 Å². The van der Waals surface area contributed by atoms with Crippen molar-refractivity contribution in [2.75, 3.05) is 0 Å². The van der Waals surface area contributed by atoms with Gasteiger partial charge in [0.25, 0.3) is 0 Å². The van der Waals surface area contributed by atoms with Crippen molar-refractivity contribution in [2.45, 2.75) is 0 Å². The summed E-state index contributed by atoms with van der Waals surface area (Å²) in [7, 11) is 0. The van der Waals surface area contributed by atoms with E-state index >= 15 is 0 Å². The normalized spacial score (nSPS) is 21.4. The lowest BCUT2D eigenvalue weighted by Gasteiger charge is -2.27. The van der Waals surface area contributed by atoms with E-state index in [0.29, 0.717) is 0 Å². The van der Waals surface area contributed by atoms with E-state index in [-0.39, 0.29) is 0 Å². The standard InChI is InChI=1S/C36H28P2/c1-37(31-15-5-3-6-16-31)33-19-11-9-13-29(33)25-35(37)27-21-23-28(24-22-27)36-26-30-14-10-12-20-34(30)38(36,2)32-17-7-4-8-18-32/h3-26H,1-2H2. The quantitative estimate of drug-likeness (QED) is 0.214. The van der Waals surface area contributed by atoms with Crippen molar-refractivity contribution < 1.29 is 0 Å². The number of hydrogen-bond acceptors (Lipinski definition) is 0. The molecule has 2 heteroatoms. The van der Waals surface area contributed by atoms with Crippen LogP contribution in [0.5, 0.6) is 0 Å². The average molecular weight is 523 g/mol. The second-order valence-corrected chi connectivity index (χ2v) is 16.2. The lowest BCUT2D eigenvalue weighted by Crippen LogP contribution is -2.16. The summed E-state index contributed by atoms with van der Waals surface area (Å²) in [5.74, 6) is 0. The summed E-state index contributed by atoms with van der Waals surface area (Å²) >= 11 is 0. The molecule has 0 amide bonds. The Labute approximate surface area is 225 Å². The summed E-state index contributed by atoms with van der Waals surface area (Å²) in [6, 6.07) is 48.4. The average Bonchev–Trinajstić information content (AvgIpc) is 3.47. The summed E-state index contributed by atoms with van der Waals surface area (Å²) in [6.45, 7) is -3.93. The summed E-state index contributed by atoms with van der Waals surface area (Å²) in [5.41, 5.74) is 5.08. The Balaban J connectivity index is 1.34. The van der Waals surface area contributed by atoms with Crippen LogP contribution in [0.2, 0.25) is 0 Å². The maximum atomic E-state index is 4.96. The van der Waals surface area contributed by atoms with Crippen molar-refractivity contribution in [3.05, 3.63) is 156 Å². The Morgan fingerprint density at radius 2 is 0.711 bits per heavy atom. The molecule has 5 aromatic carbocycles. The Bertz CT molecular complexity index is 1700. The molecule has 2 aliphatic heterocycles. The first-order valence-electron chi connectivity index (χ1n) is 12.9. The van der Waals surface area contributed by atoms with Crippen molar-refractivity contribution in [1.82, 2.24) is 0 Å². The molecule has 2 heterocycles. The molecule has 7 rings (SSSR count). The van der Waals surface area contributed by atoms with Crippen LogP contribution < -0.4 is 21.2 Å². The molecular weight excluding hydrogens is 494 g/mol. The Hall–Kier alpha value is -3.82. The molecule has 2 unspecified atom stereocenters. The largest absolute Gasteiger partial charge is 0.0886 e. The van der Waals surface area contributed by atoms with Crippen LogP contribution in [0.25, 0.3) is 22.8 Å². The Kier molecular flexibility index (Phi) is 5.45. The van der Waals surface area contributed by atoms with E-state index in [1.165, 1.54) is 54.1 Å². The second-order valence-electron chi connectivity index (χ2n) is 10.0. The van der Waals surface area contributed by atoms with E-state index in [1.54, 1.807) is 0 Å². The molecule has 0 radical (unpaired) electrons. The van der Waals surface area contributed by atoms with Crippen molar-refractivity contribution in [3.63, 3.8) is 0 Å². The molecule has 0 nitrogen and oxygen atoms in total. The van der Waals surface area contributed by atoms with Gasteiger partial charge in [-0.15, -0.1) is 0 Å². The topological polar surface area (TPSA) is 0 Å². The minimum atomic E-state index is -1.96. The number of fused-ring (bicyclic) bond motifs is 2. The zero-order chi connectivity index (χ0) is 25.7. The van der Waals surface area contributed by atoms with Gasteiger partial charge in [0, 0.05) is 0 Å². The van der Waals surface area contributed by atoms with Gasteiger partial charge in [0.1, 0.15) is 0 Å². The molecule has 0 fully saturated rings. The zero-order valence-corrected chi connectivity index (χ0v) is 23.0. The van der Waals surface area contributed by atoms with Crippen LogP contribution in [-0.2, 0) is 0 Å². The number of benzene rings is 5. The second kappa shape index (κ2) is 8.89. The molecule has 2 atom stereocenters. The van der Waals surface area contributed by atoms with E-state index in [2.05, 4.69) is 146 Å². The molecule has 5 aromatic rings. The molecule has 0 N–H and O–H groups in total. The van der Waals surface area contributed by atoms with Gasteiger partial charge in [0.15, 0.2) is 0 Å². The first-order valence-corrected chi connectivity index (χ1v) is 16.9. The molecule has 0 saturated carbocycles. The molecule has 182 valence electrons. The van der Waals surface area contributed by atoms with Crippen LogP contribution in [-0.4, -0.2) is 12.6 Å². The van der Waals surface area contributed by atoms with Gasteiger partial charge in [-0.3, -0.25) is 0 Å². The third-order valence-corrected chi connectivity index (χ3v) is 15.2. The highest BCUT2D eigenvalue weighted by Crippen LogP contribution is 2.63. The maximum Gasteiger partial charge on any atom is -0.00870 e. The van der Waals surface area contributed by atoms with Gasteiger partial charge in [-0.1, -0.05) is 146 Å². The summed E-state index contributed by atoms with van der Waals surface area (Å²) in [6.07, 6.45) is 14.6. The van der Waals surface area contributed by atoms with Crippen molar-refractivity contribution in [2.24, 2.45) is 0 Å². The van der Waals surface area contributed by atoms with Crippen LogP contribution in [0, 0.1) is 0 Å². The highest BCUT2D eigenvalue weighted by Gasteiger charge is 2.34. The fourth-order valence-corrected chi connectivity index (χ4v) is 12.8. The molecule has 0 aliphatic carbocycles. The predicted molar refractivity (Wildman–Crippen MR) is 175 cm³/mol. The van der Waals surface area contributed by atoms with E-state index in [1.807, 2.05) is 0 Å². The maximum absolute atomic E-state index is 4.96. The monoisotopic (exact) mass is 522 g/mol. The van der Waals surface area contributed by atoms with E-state index < -0.39 is 13.8 Å². The first-order chi connectivity index (χ1) is 18.6. The number of rotatable bonds is 4. The van der Waals surface area contributed by atoms with Crippen LogP contribution in [0.1, 0.15) is 22.3 Å². The van der Waals surface area contributed by atoms with Gasteiger partial charge in [-0.2, -0.15) is 0 Å². The summed E-state index contributed by atoms with van der Waals surface area (Å²) in [4.78, 5) is 0. The van der Waals surface area contributed by atoms with Gasteiger partial charge in [0.2, 0.25) is 0 Å². The molecular formula is C36H28P2. The minimum Gasteiger partial charge on any atom is -0.0886 e. The fraction of sp³-hybridized carbons (Fsp3) is 0. The van der Waals surface area contributed by atoms with Crippen molar-refractivity contribution >= 4 is 70.4 Å². The highest BCUT2D eigenvalue weighted by molar-refractivity contribution is 7.96. The van der Waals surface area contributed by atoms with Gasteiger partial charge < -0.3 is 0 Å². The summed E-state index contributed by atoms with van der Waals surface area (Å²) < 4.78 is 0. The molecule has 2 aliphatic rings. The van der Waals surface area contributed by atoms with Crippen molar-refractivity contribution in [3.8, 4) is 0 Å². The van der Waals surface area contributed by atoms with Gasteiger partial charge in [0.05, 0.1) is 0 Å². The Morgan fingerprint density at radius 1 is 0.368 bits per heavy atom. The number of hydrogen-bond donors (Lipinski definition) is 0. The third kappa shape index (κ3) is 3.38. The molecule has 0 saturated heterocycles. The zero-order valence-electron chi connectivity index (χ0n) is 21.2. The van der Waals surface area contributed by atoms with Gasteiger partial charge in [-0.25, -0.2) is 0 Å². The van der Waals surface area contributed by atoms with E-state index in [0.717, 1.165) is 0 Å². The van der Waals surface area contributed by atoms with E-state index in [9.17, 15) is 0 Å². The molecule has 0 bridgehead atoms. The lowest BCUT2D eigenvalue weighted by atomic mass is 10.1. The minimum absolute atomic E-state index is 1.25. The van der Waals surface area contributed by atoms with E-state index in [4.69, 9.17) is 12.6 Å². The SMILES string of the molecule is C=P1(c2ccccc2)C(c2ccc(C3=Cc4ccccc4P3(=C)c3ccccc3)cc2)=Cc2ccccc21. The first kappa shape index (κ1) is 23.3. The van der Waals surface area contributed by atoms with Crippen LogP contribution in [0.4, 0.5) is 0 Å². The van der Waals surface area contributed by atoms with Crippen LogP contribution in [0.15, 0.2) is 133 Å². The van der Waals surface area contributed by atoms with Gasteiger partial charge in [-0.05, 0) is 80.0 Å². The molecule has 38 heavy (non-hydrogen) atoms. The smallest absolute Gasteiger partial charge is 0.00870 e. The Morgan fingerprint density at radius 3 is 1.11 bits per heavy atom. The third-order valence-electron chi connectivity index (χ3n) is 7.97. The summed E-state index contributed by atoms with van der Waals surface area (Å²) in [5, 5.41) is 8.07.